The van der Waals surface area contributed by atoms with Gasteiger partial charge in [0.15, 0.2) is 0 Å². The van der Waals surface area contributed by atoms with E-state index in [-0.39, 0.29) is 27.3 Å². The Morgan fingerprint density at radius 2 is 0.632 bits per heavy atom. The largest absolute Gasteiger partial charge is 0.399 e. The van der Waals surface area contributed by atoms with E-state index in [1.165, 1.54) is 16.7 Å². The van der Waals surface area contributed by atoms with Gasteiger partial charge in [0.05, 0.1) is 0 Å². The summed E-state index contributed by atoms with van der Waals surface area (Å²) in [7, 11) is 16.8. The summed E-state index contributed by atoms with van der Waals surface area (Å²) in [6.45, 7) is 8.82. The van der Waals surface area contributed by atoms with Gasteiger partial charge in [-0.3, -0.25) is 0 Å². The molecule has 12 heteroatoms. The van der Waals surface area contributed by atoms with E-state index >= 15 is 0 Å². The molecule has 0 aliphatic heterocycles. The Labute approximate surface area is 249 Å². The average Bonchev–Trinajstić information content (AvgIpc) is 2.77. The van der Waals surface area contributed by atoms with Gasteiger partial charge in [-0.05, 0) is 97.8 Å². The van der Waals surface area contributed by atoms with E-state index in [1.54, 1.807) is 0 Å². The molecule has 0 saturated carbocycles. The Hall–Kier alpha value is 0.930. The predicted octanol–water partition coefficient (Wildman–Crippen LogP) is 9.50. The first-order valence-corrected chi connectivity index (χ1v) is 26.9. The minimum Gasteiger partial charge on any atom is -0.399 e. The zero-order chi connectivity index (χ0) is 29.3. The van der Waals surface area contributed by atoms with Crippen molar-refractivity contribution >= 4 is 92.5 Å². The number of anilines is 3. The third-order valence-corrected chi connectivity index (χ3v) is 4.83. The predicted molar refractivity (Wildman–Crippen MR) is 209 cm³/mol. The zero-order valence-corrected chi connectivity index (χ0v) is 32.7. The lowest BCUT2D eigenvalue weighted by Gasteiger charge is -2.31. The summed E-state index contributed by atoms with van der Waals surface area (Å²) in [5, 5.41) is 0. The molecule has 3 rings (SSSR count). The van der Waals surface area contributed by atoms with Crippen molar-refractivity contribution in [2.24, 2.45) is 5.41 Å². The van der Waals surface area contributed by atoms with E-state index in [4.69, 9.17) is 17.2 Å². The maximum absolute atomic E-state index is 5.84. The van der Waals surface area contributed by atoms with Gasteiger partial charge in [0, 0.05) is 17.1 Å². The highest BCUT2D eigenvalue weighted by molar-refractivity contribution is 8.43. The molecule has 0 saturated heterocycles. The van der Waals surface area contributed by atoms with E-state index in [0.717, 1.165) is 36.3 Å². The molecule has 3 nitrogen and oxygen atoms in total. The SMILES string of the molecule is CC(Cc1ccc(N)cc1)(Cc1ccc(N)cc1)Cc1ccc(N)cc1.CP(P)P.CP(P)P.CP(P)P. The van der Waals surface area contributed by atoms with Crippen molar-refractivity contribution in [1.82, 2.24) is 0 Å². The Kier molecular flexibility index (Phi) is 22.1. The first-order chi connectivity index (χ1) is 17.6. The third-order valence-electron chi connectivity index (χ3n) is 4.83. The molecular formula is C26H48N3P9. The van der Waals surface area contributed by atoms with E-state index in [9.17, 15) is 0 Å². The lowest BCUT2D eigenvalue weighted by atomic mass is 9.74. The van der Waals surface area contributed by atoms with Crippen molar-refractivity contribution in [1.29, 1.82) is 0 Å². The van der Waals surface area contributed by atoms with Gasteiger partial charge in [-0.2, -0.15) is 0 Å². The highest BCUT2D eigenvalue weighted by Gasteiger charge is 2.26. The van der Waals surface area contributed by atoms with E-state index in [1.807, 2.05) is 36.4 Å². The van der Waals surface area contributed by atoms with Crippen LogP contribution in [0, 0.1) is 5.41 Å². The maximum Gasteiger partial charge on any atom is 0.0314 e. The number of benzene rings is 3. The van der Waals surface area contributed by atoms with Crippen LogP contribution in [0.3, 0.4) is 0 Å². The summed E-state index contributed by atoms with van der Waals surface area (Å²) in [6.07, 6.45) is 2.92. The van der Waals surface area contributed by atoms with Crippen LogP contribution in [0.25, 0.3) is 0 Å². The lowest BCUT2D eigenvalue weighted by molar-refractivity contribution is 0.316. The van der Waals surface area contributed by atoms with Gasteiger partial charge in [-0.15, -0.1) is 53.6 Å². The summed E-state index contributed by atoms with van der Waals surface area (Å²) >= 11 is 0. The molecule has 3 aromatic carbocycles. The fraction of sp³-hybridized carbons (Fsp3) is 0.308. The summed E-state index contributed by atoms with van der Waals surface area (Å²) in [6, 6.07) is 24.6. The molecular weight excluding hydrogens is 633 g/mol. The molecule has 38 heavy (non-hydrogen) atoms. The van der Waals surface area contributed by atoms with Crippen LogP contribution in [0.4, 0.5) is 17.1 Å². The second-order valence-corrected chi connectivity index (χ2v) is 33.6. The monoisotopic (exact) mass is 681 g/mol. The van der Waals surface area contributed by atoms with Crippen LogP contribution < -0.4 is 17.2 Å². The van der Waals surface area contributed by atoms with Crippen LogP contribution in [-0.2, 0) is 19.3 Å². The van der Waals surface area contributed by atoms with Gasteiger partial charge in [-0.25, -0.2) is 0 Å². The Morgan fingerprint density at radius 3 is 0.789 bits per heavy atom. The molecule has 0 heterocycles. The molecule has 0 aliphatic rings. The Balaban J connectivity index is 0.000000961. The normalized spacial score (nSPS) is 10.7. The lowest BCUT2D eigenvalue weighted by Crippen LogP contribution is -2.26. The summed E-state index contributed by atoms with van der Waals surface area (Å²) < 4.78 is 0. The quantitative estimate of drug-likeness (QED) is 0.179. The average molecular weight is 681 g/mol. The topological polar surface area (TPSA) is 78.1 Å². The third kappa shape index (κ3) is 22.6. The van der Waals surface area contributed by atoms with Crippen LogP contribution >= 0.6 is 75.5 Å². The molecule has 212 valence electrons. The molecule has 0 bridgehead atoms. The summed E-state index contributed by atoms with van der Waals surface area (Å²) in [5.74, 6) is 0. The van der Waals surface area contributed by atoms with E-state index in [0.29, 0.717) is 0 Å². The first-order valence-electron chi connectivity index (χ1n) is 11.8. The number of rotatable bonds is 6. The zero-order valence-electron chi connectivity index (χ0n) is 23.1. The molecule has 0 radical (unpaired) electrons. The second-order valence-electron chi connectivity index (χ2n) is 9.56. The van der Waals surface area contributed by atoms with Gasteiger partial charge in [0.1, 0.15) is 0 Å². The maximum atomic E-state index is 5.84. The van der Waals surface area contributed by atoms with Crippen molar-refractivity contribution in [3.05, 3.63) is 89.5 Å². The molecule has 3 aromatic rings. The van der Waals surface area contributed by atoms with Gasteiger partial charge in [0.25, 0.3) is 0 Å². The Bertz CT molecular complexity index is 860. The molecule has 6 unspecified atom stereocenters. The van der Waals surface area contributed by atoms with Crippen LogP contribution in [0.1, 0.15) is 23.6 Å². The number of nitrogen functional groups attached to an aromatic ring is 3. The van der Waals surface area contributed by atoms with Crippen LogP contribution in [0.5, 0.6) is 0 Å². The van der Waals surface area contributed by atoms with Crippen molar-refractivity contribution in [3.63, 3.8) is 0 Å². The van der Waals surface area contributed by atoms with Crippen molar-refractivity contribution in [3.8, 4) is 0 Å². The van der Waals surface area contributed by atoms with Crippen molar-refractivity contribution < 1.29 is 0 Å². The van der Waals surface area contributed by atoms with Crippen LogP contribution in [-0.4, -0.2) is 20.0 Å². The van der Waals surface area contributed by atoms with Gasteiger partial charge >= 0.3 is 0 Å². The minimum absolute atomic E-state index is 0.0718. The summed E-state index contributed by atoms with van der Waals surface area (Å²) in [5.41, 5.74) is 23.9. The number of nitrogens with two attached hydrogens (primary N) is 3. The molecule has 0 aromatic heterocycles. The van der Waals surface area contributed by atoms with Gasteiger partial charge < -0.3 is 17.2 Å². The fourth-order valence-electron chi connectivity index (χ4n) is 3.57. The number of hydrogen-bond acceptors (Lipinski definition) is 3. The van der Waals surface area contributed by atoms with Gasteiger partial charge in [-0.1, -0.05) is 65.2 Å². The fourth-order valence-corrected chi connectivity index (χ4v) is 3.57. The second kappa shape index (κ2) is 21.6. The molecule has 6 N–H and O–H groups in total. The summed E-state index contributed by atoms with van der Waals surface area (Å²) in [4.78, 5) is 0. The van der Waals surface area contributed by atoms with Gasteiger partial charge in [0.2, 0.25) is 0 Å². The van der Waals surface area contributed by atoms with Crippen molar-refractivity contribution in [2.75, 3.05) is 37.2 Å². The standard InChI is InChI=1S/C23H27N3.3CH7P3/c1-23(14-17-2-8-20(24)9-3-17,15-18-4-10-21(25)11-5-18)16-19-6-12-22(26)13-7-19;3*1-4(2)3/h2-13H,14-16,24-26H2,1H3;3*2-3H2,1H3. The molecule has 0 spiro atoms. The highest BCUT2D eigenvalue weighted by Crippen LogP contribution is 2.48. The first kappa shape index (κ1) is 38.9. The molecule has 0 aliphatic carbocycles. The minimum atomic E-state index is 0.0718. The van der Waals surface area contributed by atoms with E-state index < -0.39 is 0 Å². The Morgan fingerprint density at radius 1 is 0.474 bits per heavy atom. The van der Waals surface area contributed by atoms with Crippen molar-refractivity contribution in [2.45, 2.75) is 26.2 Å². The number of hydrogen-bond donors (Lipinski definition) is 3. The van der Waals surface area contributed by atoms with Crippen LogP contribution in [0.2, 0.25) is 0 Å². The van der Waals surface area contributed by atoms with E-state index in [2.05, 4.69) is 117 Å². The molecule has 0 amide bonds. The molecule has 6 atom stereocenters. The van der Waals surface area contributed by atoms with Crippen LogP contribution in [0.15, 0.2) is 72.8 Å². The highest BCUT2D eigenvalue weighted by atomic mass is 32.4. The smallest absolute Gasteiger partial charge is 0.0314 e. The molecule has 0 fully saturated rings.